The van der Waals surface area contributed by atoms with E-state index in [9.17, 15) is 9.90 Å². The van der Waals surface area contributed by atoms with Crippen molar-refractivity contribution in [1.82, 2.24) is 0 Å². The number of para-hydroxylation sites is 1. The lowest BCUT2D eigenvalue weighted by atomic mass is 9.87. The van der Waals surface area contributed by atoms with Crippen molar-refractivity contribution < 1.29 is 14.6 Å². The fourth-order valence-corrected chi connectivity index (χ4v) is 4.02. The minimum absolute atomic E-state index is 0.106. The van der Waals surface area contributed by atoms with E-state index < -0.39 is 11.6 Å². The summed E-state index contributed by atoms with van der Waals surface area (Å²) >= 11 is 0. The van der Waals surface area contributed by atoms with Crippen LogP contribution < -0.4 is 21.1 Å². The van der Waals surface area contributed by atoms with Crippen LogP contribution in [0.2, 0.25) is 0 Å². The maximum Gasteiger partial charge on any atom is 0.339 e. The molecule has 0 unspecified atom stereocenters. The van der Waals surface area contributed by atoms with Crippen molar-refractivity contribution in [3.63, 3.8) is 0 Å². The zero-order valence-electron chi connectivity index (χ0n) is 15.9. The van der Waals surface area contributed by atoms with Gasteiger partial charge in [-0.25, -0.2) is 9.79 Å². The second-order valence-electron chi connectivity index (χ2n) is 7.22. The molecular formula is C21H23N5O3. The van der Waals surface area contributed by atoms with Gasteiger partial charge in [-0.3, -0.25) is 4.90 Å². The third kappa shape index (κ3) is 3.61. The van der Waals surface area contributed by atoms with Crippen LogP contribution >= 0.6 is 0 Å². The summed E-state index contributed by atoms with van der Waals surface area (Å²) < 4.78 is 5.79. The standard InChI is InChI=1S/C21H23N5O3/c22-19-24-20(23)26(21(25-19)12-4-1-5-13-21)14-8-10-15(11-9-14)29-17-7-3-2-6-16(17)18(27)28/h2-3,6-11H,1,4-5,12-13H2,(H,27,28)(H4,22,23,24,25). The Morgan fingerprint density at radius 3 is 2.41 bits per heavy atom. The first-order chi connectivity index (χ1) is 14.0. The van der Waals surface area contributed by atoms with Gasteiger partial charge in [-0.1, -0.05) is 18.6 Å². The molecule has 5 N–H and O–H groups in total. The molecule has 2 aliphatic rings. The summed E-state index contributed by atoms with van der Waals surface area (Å²) in [5.74, 6) is 0.308. The summed E-state index contributed by atoms with van der Waals surface area (Å²) in [5.41, 5.74) is 12.6. The smallest absolute Gasteiger partial charge is 0.339 e. The fraction of sp³-hybridized carbons (Fsp3) is 0.286. The second kappa shape index (κ2) is 7.46. The lowest BCUT2D eigenvalue weighted by Gasteiger charge is -2.45. The number of hydrogen-bond acceptors (Lipinski definition) is 7. The van der Waals surface area contributed by atoms with Crippen molar-refractivity contribution >= 4 is 23.6 Å². The average Bonchev–Trinajstić information content (AvgIpc) is 2.69. The van der Waals surface area contributed by atoms with E-state index in [1.54, 1.807) is 30.3 Å². The number of benzene rings is 2. The minimum Gasteiger partial charge on any atom is -0.478 e. The largest absolute Gasteiger partial charge is 0.478 e. The highest BCUT2D eigenvalue weighted by atomic mass is 16.5. The molecule has 1 fully saturated rings. The summed E-state index contributed by atoms with van der Waals surface area (Å²) in [6.45, 7) is 0. The topological polar surface area (TPSA) is 127 Å². The molecule has 0 bridgehead atoms. The van der Waals surface area contributed by atoms with Gasteiger partial charge in [0, 0.05) is 5.69 Å². The zero-order chi connectivity index (χ0) is 20.4. The van der Waals surface area contributed by atoms with Crippen molar-refractivity contribution in [3.05, 3.63) is 54.1 Å². The van der Waals surface area contributed by atoms with Crippen molar-refractivity contribution in [2.24, 2.45) is 21.5 Å². The van der Waals surface area contributed by atoms with E-state index in [-0.39, 0.29) is 17.3 Å². The molecule has 0 atom stereocenters. The highest BCUT2D eigenvalue weighted by Crippen LogP contribution is 2.40. The summed E-state index contributed by atoms with van der Waals surface area (Å²) in [5, 5.41) is 9.31. The van der Waals surface area contributed by atoms with Gasteiger partial charge in [0.15, 0.2) is 0 Å². The van der Waals surface area contributed by atoms with Crippen LogP contribution in [0, 0.1) is 0 Å². The van der Waals surface area contributed by atoms with E-state index in [0.717, 1.165) is 37.8 Å². The Morgan fingerprint density at radius 2 is 1.72 bits per heavy atom. The number of aliphatic imine (C=N–C) groups is 2. The first kappa shape index (κ1) is 18.8. The Bertz CT molecular complexity index is 978. The molecule has 1 saturated carbocycles. The van der Waals surface area contributed by atoms with Crippen LogP contribution in [0.3, 0.4) is 0 Å². The highest BCUT2D eigenvalue weighted by Gasteiger charge is 2.42. The van der Waals surface area contributed by atoms with Crippen molar-refractivity contribution in [1.29, 1.82) is 0 Å². The lowest BCUT2D eigenvalue weighted by molar-refractivity contribution is 0.0694. The molecule has 150 valence electrons. The van der Waals surface area contributed by atoms with Gasteiger partial charge in [0.1, 0.15) is 22.7 Å². The molecule has 1 aliphatic carbocycles. The molecule has 8 nitrogen and oxygen atoms in total. The number of carbonyl (C=O) groups is 1. The van der Waals surface area contributed by atoms with Gasteiger partial charge in [-0.15, -0.1) is 0 Å². The minimum atomic E-state index is -1.04. The van der Waals surface area contributed by atoms with Gasteiger partial charge >= 0.3 is 5.97 Å². The van der Waals surface area contributed by atoms with Crippen molar-refractivity contribution in [2.45, 2.75) is 37.8 Å². The quantitative estimate of drug-likeness (QED) is 0.732. The summed E-state index contributed by atoms with van der Waals surface area (Å²) in [6, 6.07) is 13.8. The van der Waals surface area contributed by atoms with Gasteiger partial charge in [0.25, 0.3) is 0 Å². The van der Waals surface area contributed by atoms with Crippen LogP contribution in [-0.4, -0.2) is 28.7 Å². The van der Waals surface area contributed by atoms with E-state index >= 15 is 0 Å². The monoisotopic (exact) mass is 393 g/mol. The second-order valence-corrected chi connectivity index (χ2v) is 7.22. The van der Waals surface area contributed by atoms with E-state index in [1.165, 1.54) is 6.07 Å². The van der Waals surface area contributed by atoms with Crippen LogP contribution in [0.5, 0.6) is 11.5 Å². The summed E-state index contributed by atoms with van der Waals surface area (Å²) in [6.07, 6.45) is 4.97. The average molecular weight is 393 g/mol. The summed E-state index contributed by atoms with van der Waals surface area (Å²) in [7, 11) is 0. The van der Waals surface area contributed by atoms with Gasteiger partial charge < -0.3 is 21.3 Å². The fourth-order valence-electron chi connectivity index (χ4n) is 4.02. The molecular weight excluding hydrogens is 370 g/mol. The molecule has 0 radical (unpaired) electrons. The Labute approximate surface area is 168 Å². The Balaban J connectivity index is 1.62. The number of nitrogens with two attached hydrogens (primary N) is 2. The number of hydrogen-bond donors (Lipinski definition) is 3. The van der Waals surface area contributed by atoms with Gasteiger partial charge in [-0.2, -0.15) is 4.99 Å². The normalized spacial score (nSPS) is 18.1. The molecule has 1 heterocycles. The number of guanidine groups is 2. The molecule has 4 rings (SSSR count). The Hall–Kier alpha value is -3.55. The predicted octanol–water partition coefficient (Wildman–Crippen LogP) is 3.29. The predicted molar refractivity (Wildman–Crippen MR) is 111 cm³/mol. The third-order valence-electron chi connectivity index (χ3n) is 5.29. The van der Waals surface area contributed by atoms with Crippen LogP contribution in [0.1, 0.15) is 42.5 Å². The van der Waals surface area contributed by atoms with Gasteiger partial charge in [0.05, 0.1) is 0 Å². The number of ether oxygens (including phenoxy) is 1. The van der Waals surface area contributed by atoms with Crippen LogP contribution in [0.25, 0.3) is 0 Å². The van der Waals surface area contributed by atoms with Gasteiger partial charge in [0.2, 0.25) is 11.9 Å². The van der Waals surface area contributed by atoms with Crippen molar-refractivity contribution in [3.8, 4) is 11.5 Å². The van der Waals surface area contributed by atoms with Crippen LogP contribution in [-0.2, 0) is 0 Å². The first-order valence-electron chi connectivity index (χ1n) is 9.58. The Morgan fingerprint density at radius 1 is 1.03 bits per heavy atom. The maximum atomic E-state index is 11.4. The van der Waals surface area contributed by atoms with E-state index in [1.807, 2.05) is 17.0 Å². The number of carboxylic acid groups (broad SMARTS) is 1. The van der Waals surface area contributed by atoms with E-state index in [2.05, 4.69) is 9.98 Å². The molecule has 2 aromatic carbocycles. The highest BCUT2D eigenvalue weighted by molar-refractivity contribution is 6.05. The number of nitrogens with zero attached hydrogens (tertiary/aromatic N) is 3. The van der Waals surface area contributed by atoms with Gasteiger partial charge in [-0.05, 0) is 62.1 Å². The molecule has 29 heavy (non-hydrogen) atoms. The Kier molecular flexibility index (Phi) is 4.84. The van der Waals surface area contributed by atoms with Crippen LogP contribution in [0.4, 0.5) is 5.69 Å². The number of anilines is 1. The zero-order valence-corrected chi connectivity index (χ0v) is 15.9. The number of rotatable bonds is 4. The van der Waals surface area contributed by atoms with E-state index in [0.29, 0.717) is 11.7 Å². The molecule has 0 amide bonds. The molecule has 1 spiro atoms. The van der Waals surface area contributed by atoms with Crippen LogP contribution in [0.15, 0.2) is 58.5 Å². The number of carboxylic acids is 1. The lowest BCUT2D eigenvalue weighted by Crippen LogP contribution is -2.58. The first-order valence-corrected chi connectivity index (χ1v) is 9.58. The SMILES string of the molecule is NC1=NC2(CCCCC2)N(c2ccc(Oc3ccccc3C(=O)O)cc2)C(N)=N1. The molecule has 8 heteroatoms. The summed E-state index contributed by atoms with van der Waals surface area (Å²) in [4.78, 5) is 22.1. The van der Waals surface area contributed by atoms with Crippen molar-refractivity contribution in [2.75, 3.05) is 4.90 Å². The third-order valence-corrected chi connectivity index (χ3v) is 5.29. The number of aromatic carboxylic acids is 1. The molecule has 0 saturated heterocycles. The van der Waals surface area contributed by atoms with E-state index in [4.69, 9.17) is 16.2 Å². The molecule has 0 aromatic heterocycles. The molecule has 1 aliphatic heterocycles. The maximum absolute atomic E-state index is 11.4. The molecule has 2 aromatic rings.